The lowest BCUT2D eigenvalue weighted by molar-refractivity contribution is 1.62. The Balaban J connectivity index is 3.03. The van der Waals surface area contributed by atoms with Crippen molar-refractivity contribution in [2.45, 2.75) is 0 Å². The van der Waals surface area contributed by atoms with Crippen LogP contribution in [0.2, 0.25) is 10.0 Å². The highest BCUT2D eigenvalue weighted by atomic mass is 35.5. The van der Waals surface area contributed by atoms with Crippen molar-refractivity contribution in [1.29, 1.82) is 0 Å². The highest BCUT2D eigenvalue weighted by molar-refractivity contribution is 6.31. The average molecular weight is 231 g/mol. The minimum Gasteiger partial charge on any atom is -0.0843 e. The highest BCUT2D eigenvalue weighted by Gasteiger charge is 1.96. The number of hydrogen-bond acceptors (Lipinski definition) is 0. The zero-order valence-corrected chi connectivity index (χ0v) is 8.27. The molecule has 2 aromatic carbocycles. The van der Waals surface area contributed by atoms with Gasteiger partial charge in [0.25, 0.3) is 0 Å². The molecule has 0 aliphatic rings. The molecular weight excluding hydrogens is 215 g/mol. The third-order valence-corrected chi connectivity index (χ3v) is 1.82. The van der Waals surface area contributed by atoms with E-state index in [2.05, 4.69) is 0 Å². The molecule has 0 amide bonds. The molecule has 70 valence electrons. The molecule has 14 heavy (non-hydrogen) atoms. The standard InChI is InChI=1S/C12H8Cl2/c13-11-5-1-9(2-6-11)10-3-7-12(14)8-4-10/h1-8H/i1D,2D,3D,4D,5D,6D,7D,8D. The van der Waals surface area contributed by atoms with Gasteiger partial charge < -0.3 is 0 Å². The number of rotatable bonds is 1. The topological polar surface area (TPSA) is 0 Å². The van der Waals surface area contributed by atoms with Crippen LogP contribution in [0.25, 0.3) is 11.1 Å². The minimum absolute atomic E-state index is 0.340. The summed E-state index contributed by atoms with van der Waals surface area (Å²) in [6.07, 6.45) is 0. The molecule has 0 bridgehead atoms. The maximum Gasteiger partial charge on any atom is 0.0639 e. The summed E-state index contributed by atoms with van der Waals surface area (Å²) >= 11 is 11.4. The Morgan fingerprint density at radius 3 is 1.21 bits per heavy atom. The number of benzene rings is 2. The van der Waals surface area contributed by atoms with E-state index < -0.39 is 48.3 Å². The van der Waals surface area contributed by atoms with Crippen LogP contribution in [-0.2, 0) is 0 Å². The summed E-state index contributed by atoms with van der Waals surface area (Å²) in [5.74, 6) is 0. The molecule has 0 unspecified atom stereocenters. The molecule has 0 saturated heterocycles. The first-order valence-electron chi connectivity index (χ1n) is 7.63. The molecule has 0 saturated carbocycles. The van der Waals surface area contributed by atoms with Gasteiger partial charge in [-0.25, -0.2) is 0 Å². The van der Waals surface area contributed by atoms with E-state index in [4.69, 9.17) is 34.2 Å². The first kappa shape index (κ1) is 3.88. The summed E-state index contributed by atoms with van der Waals surface area (Å²) in [6, 6.07) is -4.17. The van der Waals surface area contributed by atoms with Crippen LogP contribution in [0, 0.1) is 0 Å². The molecule has 2 heteroatoms. The van der Waals surface area contributed by atoms with Crippen molar-refractivity contribution >= 4 is 23.2 Å². The molecule has 2 aromatic rings. The van der Waals surface area contributed by atoms with E-state index in [1.54, 1.807) is 0 Å². The van der Waals surface area contributed by atoms with Crippen LogP contribution in [0.3, 0.4) is 0 Å². The summed E-state index contributed by atoms with van der Waals surface area (Å²) in [7, 11) is 0. The fourth-order valence-electron chi connectivity index (χ4n) is 0.844. The molecule has 0 aromatic heterocycles. The van der Waals surface area contributed by atoms with Crippen molar-refractivity contribution in [3.05, 3.63) is 58.4 Å². The van der Waals surface area contributed by atoms with Gasteiger partial charge in [0.2, 0.25) is 0 Å². The summed E-state index contributed by atoms with van der Waals surface area (Å²) in [4.78, 5) is 0. The third-order valence-electron chi connectivity index (χ3n) is 1.44. The lowest BCUT2D eigenvalue weighted by atomic mass is 10.1. The van der Waals surface area contributed by atoms with Crippen molar-refractivity contribution in [3.8, 4) is 11.1 Å². The van der Waals surface area contributed by atoms with E-state index in [1.807, 2.05) is 0 Å². The van der Waals surface area contributed by atoms with Crippen LogP contribution >= 0.6 is 23.2 Å². The summed E-state index contributed by atoms with van der Waals surface area (Å²) in [6.45, 7) is 0. The molecular formula is C12H8Cl2. The van der Waals surface area contributed by atoms with Gasteiger partial charge in [-0.05, 0) is 35.3 Å². The summed E-state index contributed by atoms with van der Waals surface area (Å²) in [5.41, 5.74) is -0.680. The lowest BCUT2D eigenvalue weighted by Gasteiger charge is -2.01. The maximum atomic E-state index is 7.90. The predicted octanol–water partition coefficient (Wildman–Crippen LogP) is 4.66. The van der Waals surface area contributed by atoms with E-state index in [-0.39, 0.29) is 21.2 Å². The predicted molar refractivity (Wildman–Crippen MR) is 61.9 cm³/mol. The smallest absolute Gasteiger partial charge is 0.0639 e. The van der Waals surface area contributed by atoms with Crippen molar-refractivity contribution in [3.63, 3.8) is 0 Å². The summed E-state index contributed by atoms with van der Waals surface area (Å²) in [5, 5.41) is -0.745. The van der Waals surface area contributed by atoms with Gasteiger partial charge >= 0.3 is 0 Å². The number of hydrogen-bond donors (Lipinski definition) is 0. The van der Waals surface area contributed by atoms with Crippen LogP contribution in [-0.4, -0.2) is 0 Å². The monoisotopic (exact) mass is 230 g/mol. The molecule has 0 atom stereocenters. The quantitative estimate of drug-likeness (QED) is 0.669. The Labute approximate surface area is 104 Å². The van der Waals surface area contributed by atoms with Crippen LogP contribution in [0.15, 0.2) is 48.3 Å². The van der Waals surface area contributed by atoms with Crippen molar-refractivity contribution in [2.24, 2.45) is 0 Å². The maximum absolute atomic E-state index is 7.90. The van der Waals surface area contributed by atoms with Gasteiger partial charge in [0.15, 0.2) is 0 Å². The van der Waals surface area contributed by atoms with Crippen LogP contribution in [0.4, 0.5) is 0 Å². The zero-order chi connectivity index (χ0) is 16.9. The lowest BCUT2D eigenvalue weighted by Crippen LogP contribution is -1.76. The van der Waals surface area contributed by atoms with E-state index in [9.17, 15) is 0 Å². The van der Waals surface area contributed by atoms with Gasteiger partial charge in [-0.1, -0.05) is 47.4 Å². The van der Waals surface area contributed by atoms with Gasteiger partial charge in [0.05, 0.1) is 11.0 Å². The van der Waals surface area contributed by atoms with Crippen molar-refractivity contribution in [1.82, 2.24) is 0 Å². The fraction of sp³-hybridized carbons (Fsp3) is 0. The van der Waals surface area contributed by atoms with Crippen molar-refractivity contribution in [2.75, 3.05) is 0 Å². The normalized spacial score (nSPS) is 18.1. The van der Waals surface area contributed by atoms with Crippen molar-refractivity contribution < 1.29 is 11.0 Å². The number of halogens is 2. The van der Waals surface area contributed by atoms with Gasteiger partial charge in [0, 0.05) is 10.0 Å². The Kier molecular flexibility index (Phi) is 1.12. The first-order chi connectivity index (χ1) is 10.1. The third kappa shape index (κ3) is 2.09. The van der Waals surface area contributed by atoms with E-state index in [1.165, 1.54) is 0 Å². The molecule has 0 aliphatic carbocycles. The Morgan fingerprint density at radius 1 is 0.643 bits per heavy atom. The van der Waals surface area contributed by atoms with E-state index in [0.29, 0.717) is 0 Å². The SMILES string of the molecule is [2H]c1c([2H])c(-c2c([2H])c([2H])c(Cl)c([2H])c2[2H])c([2H])c([2H])c1Cl. The Bertz CT molecular complexity index is 677. The molecule has 0 aliphatic heterocycles. The Hall–Kier alpha value is -0.980. The molecule has 0 radical (unpaired) electrons. The molecule has 0 N–H and O–H groups in total. The van der Waals surface area contributed by atoms with Gasteiger partial charge in [0.1, 0.15) is 0 Å². The van der Waals surface area contributed by atoms with E-state index in [0.717, 1.165) is 0 Å². The van der Waals surface area contributed by atoms with Gasteiger partial charge in [-0.3, -0.25) is 0 Å². The molecule has 2 rings (SSSR count). The fourth-order valence-corrected chi connectivity index (χ4v) is 1.03. The second-order valence-electron chi connectivity index (χ2n) is 2.38. The first-order valence-corrected chi connectivity index (χ1v) is 4.38. The van der Waals surface area contributed by atoms with Crippen LogP contribution in [0.5, 0.6) is 0 Å². The summed E-state index contributed by atoms with van der Waals surface area (Å²) < 4.78 is 62.4. The second kappa shape index (κ2) is 4.04. The minimum atomic E-state index is -0.533. The van der Waals surface area contributed by atoms with Crippen LogP contribution in [0.1, 0.15) is 11.0 Å². The molecule has 0 spiro atoms. The Morgan fingerprint density at radius 2 is 0.929 bits per heavy atom. The van der Waals surface area contributed by atoms with Crippen LogP contribution < -0.4 is 0 Å². The largest absolute Gasteiger partial charge is 0.0843 e. The second-order valence-corrected chi connectivity index (χ2v) is 3.13. The average Bonchev–Trinajstić information content (AvgIpc) is 2.50. The van der Waals surface area contributed by atoms with Gasteiger partial charge in [-0.2, -0.15) is 0 Å². The molecule has 0 heterocycles. The highest BCUT2D eigenvalue weighted by Crippen LogP contribution is 2.22. The van der Waals surface area contributed by atoms with Gasteiger partial charge in [-0.15, -0.1) is 0 Å². The van der Waals surface area contributed by atoms with E-state index >= 15 is 0 Å². The zero-order valence-electron chi connectivity index (χ0n) is 14.8. The molecule has 0 fully saturated rings. The molecule has 0 nitrogen and oxygen atoms in total.